The SMILES string of the molecule is COc1cccc(CN(C(=O)CN(c2cccc(C)c2C)S(C)(=O)=O)[C@@H](Cc2ccccc2)C(=O)NC(C)C)c1. The van der Waals surface area contributed by atoms with Gasteiger partial charge in [-0.05, 0) is 68.1 Å². The van der Waals surface area contributed by atoms with E-state index in [0.717, 1.165) is 32.8 Å². The summed E-state index contributed by atoms with van der Waals surface area (Å²) in [6, 6.07) is 21.0. The highest BCUT2D eigenvalue weighted by Crippen LogP contribution is 2.26. The average molecular weight is 566 g/mol. The maximum Gasteiger partial charge on any atom is 0.244 e. The second-order valence-electron chi connectivity index (χ2n) is 10.2. The lowest BCUT2D eigenvalue weighted by molar-refractivity contribution is -0.140. The molecule has 0 heterocycles. The molecule has 0 aromatic heterocycles. The van der Waals surface area contributed by atoms with Gasteiger partial charge in [0.15, 0.2) is 0 Å². The molecule has 0 saturated carbocycles. The second kappa shape index (κ2) is 13.5. The van der Waals surface area contributed by atoms with Crippen LogP contribution in [0, 0.1) is 13.8 Å². The molecule has 214 valence electrons. The van der Waals surface area contributed by atoms with Gasteiger partial charge in [0.25, 0.3) is 0 Å². The molecule has 1 N–H and O–H groups in total. The number of carbonyl (C=O) groups is 2. The van der Waals surface area contributed by atoms with Gasteiger partial charge < -0.3 is 15.0 Å². The maximum absolute atomic E-state index is 14.2. The van der Waals surface area contributed by atoms with Gasteiger partial charge in [0.1, 0.15) is 18.3 Å². The normalized spacial score (nSPS) is 12.1. The summed E-state index contributed by atoms with van der Waals surface area (Å²) in [4.78, 5) is 29.2. The first-order valence-electron chi connectivity index (χ1n) is 13.2. The number of anilines is 1. The summed E-state index contributed by atoms with van der Waals surface area (Å²) in [5, 5.41) is 2.95. The number of carbonyl (C=O) groups excluding carboxylic acids is 2. The molecule has 0 bridgehead atoms. The fourth-order valence-corrected chi connectivity index (χ4v) is 5.40. The fraction of sp³-hybridized carbons (Fsp3) is 0.355. The van der Waals surface area contributed by atoms with Gasteiger partial charge in [-0.3, -0.25) is 13.9 Å². The van der Waals surface area contributed by atoms with Crippen LogP contribution in [0.25, 0.3) is 0 Å². The number of nitrogens with zero attached hydrogens (tertiary/aromatic N) is 2. The van der Waals surface area contributed by atoms with Crippen molar-refractivity contribution >= 4 is 27.5 Å². The van der Waals surface area contributed by atoms with E-state index in [4.69, 9.17) is 4.74 Å². The fourth-order valence-electron chi connectivity index (χ4n) is 4.50. The van der Waals surface area contributed by atoms with Gasteiger partial charge in [-0.15, -0.1) is 0 Å². The van der Waals surface area contributed by atoms with Crippen LogP contribution in [0.5, 0.6) is 5.75 Å². The molecule has 0 radical (unpaired) electrons. The van der Waals surface area contributed by atoms with Crippen LogP contribution in [-0.4, -0.2) is 57.1 Å². The number of aryl methyl sites for hydroxylation is 1. The Morgan fingerprint density at radius 1 is 0.925 bits per heavy atom. The molecule has 0 aliphatic rings. The Hall–Kier alpha value is -3.85. The van der Waals surface area contributed by atoms with E-state index in [1.54, 1.807) is 31.4 Å². The van der Waals surface area contributed by atoms with Crippen molar-refractivity contribution in [2.45, 2.75) is 52.7 Å². The molecular formula is C31H39N3O5S. The number of methoxy groups -OCH3 is 1. The second-order valence-corrected chi connectivity index (χ2v) is 12.1. The van der Waals surface area contributed by atoms with E-state index < -0.39 is 28.5 Å². The molecule has 2 amide bonds. The van der Waals surface area contributed by atoms with Crippen LogP contribution in [0.1, 0.15) is 36.1 Å². The standard InChI is InChI=1S/C31H39N3O5S/c1-22(2)32-31(36)29(19-25-13-8-7-9-14-25)33(20-26-15-11-16-27(18-26)39-5)30(35)21-34(40(6,37)38)28-17-10-12-23(3)24(28)4/h7-18,22,29H,19-21H2,1-6H3,(H,32,36)/t29-/m0/s1. The van der Waals surface area contributed by atoms with Crippen molar-refractivity contribution in [3.05, 3.63) is 95.1 Å². The van der Waals surface area contributed by atoms with E-state index in [9.17, 15) is 18.0 Å². The van der Waals surface area contributed by atoms with Gasteiger partial charge in [-0.1, -0.05) is 54.6 Å². The summed E-state index contributed by atoms with van der Waals surface area (Å²) in [5.74, 6) is -0.189. The molecule has 0 unspecified atom stereocenters. The molecule has 3 aromatic carbocycles. The molecule has 40 heavy (non-hydrogen) atoms. The summed E-state index contributed by atoms with van der Waals surface area (Å²) in [5.41, 5.74) is 3.73. The molecule has 8 nitrogen and oxygen atoms in total. The average Bonchev–Trinajstić information content (AvgIpc) is 2.90. The van der Waals surface area contributed by atoms with Gasteiger partial charge in [0, 0.05) is 19.0 Å². The quantitative estimate of drug-likeness (QED) is 0.354. The van der Waals surface area contributed by atoms with Crippen molar-refractivity contribution in [1.82, 2.24) is 10.2 Å². The molecule has 0 aliphatic heterocycles. The molecule has 0 saturated heterocycles. The first-order valence-corrected chi connectivity index (χ1v) is 15.1. The van der Waals surface area contributed by atoms with Gasteiger partial charge in [-0.2, -0.15) is 0 Å². The van der Waals surface area contributed by atoms with Crippen molar-refractivity contribution in [2.75, 3.05) is 24.2 Å². The van der Waals surface area contributed by atoms with Crippen LogP contribution in [0.4, 0.5) is 5.69 Å². The van der Waals surface area contributed by atoms with Crippen molar-refractivity contribution in [3.8, 4) is 5.75 Å². The van der Waals surface area contributed by atoms with Crippen LogP contribution >= 0.6 is 0 Å². The van der Waals surface area contributed by atoms with Crippen molar-refractivity contribution in [2.24, 2.45) is 0 Å². The Bertz CT molecular complexity index is 1420. The number of ether oxygens (including phenoxy) is 1. The number of sulfonamides is 1. The smallest absolute Gasteiger partial charge is 0.244 e. The first kappa shape index (κ1) is 30.7. The molecule has 0 fully saturated rings. The van der Waals surface area contributed by atoms with Crippen LogP contribution in [0.3, 0.4) is 0 Å². The monoisotopic (exact) mass is 565 g/mol. The Morgan fingerprint density at radius 2 is 1.57 bits per heavy atom. The van der Waals surface area contributed by atoms with E-state index in [1.165, 1.54) is 4.90 Å². The van der Waals surface area contributed by atoms with Gasteiger partial charge in [-0.25, -0.2) is 8.42 Å². The number of amides is 2. The summed E-state index contributed by atoms with van der Waals surface area (Å²) in [7, 11) is -2.27. The molecule has 0 spiro atoms. The predicted octanol–water partition coefficient (Wildman–Crippen LogP) is 4.24. The van der Waals surface area contributed by atoms with Crippen LogP contribution in [0.2, 0.25) is 0 Å². The highest BCUT2D eigenvalue weighted by molar-refractivity contribution is 7.92. The predicted molar refractivity (Wildman–Crippen MR) is 159 cm³/mol. The van der Waals surface area contributed by atoms with Crippen LogP contribution in [-0.2, 0) is 32.6 Å². The van der Waals surface area contributed by atoms with Crippen LogP contribution < -0.4 is 14.4 Å². The Kier molecular flexibility index (Phi) is 10.3. The lowest BCUT2D eigenvalue weighted by atomic mass is 10.0. The number of benzene rings is 3. The number of hydrogen-bond acceptors (Lipinski definition) is 5. The summed E-state index contributed by atoms with van der Waals surface area (Å²) < 4.78 is 32.5. The van der Waals surface area contributed by atoms with E-state index in [2.05, 4.69) is 5.32 Å². The Labute approximate surface area is 238 Å². The maximum atomic E-state index is 14.2. The van der Waals surface area contributed by atoms with Crippen LogP contribution in [0.15, 0.2) is 72.8 Å². The molecule has 3 aromatic rings. The molecule has 0 aliphatic carbocycles. The largest absolute Gasteiger partial charge is 0.497 e. The van der Waals surface area contributed by atoms with Crippen molar-refractivity contribution in [1.29, 1.82) is 0 Å². The minimum absolute atomic E-state index is 0.0868. The molecule has 3 rings (SSSR count). The number of nitrogens with one attached hydrogen (secondary N) is 1. The van der Waals surface area contributed by atoms with Gasteiger partial charge in [0.05, 0.1) is 19.1 Å². The zero-order valence-corrected chi connectivity index (χ0v) is 24.9. The van der Waals surface area contributed by atoms with Gasteiger partial charge in [0.2, 0.25) is 21.8 Å². The van der Waals surface area contributed by atoms with Gasteiger partial charge >= 0.3 is 0 Å². The van der Waals surface area contributed by atoms with Crippen molar-refractivity contribution in [3.63, 3.8) is 0 Å². The van der Waals surface area contributed by atoms with E-state index >= 15 is 0 Å². The molecule has 9 heteroatoms. The highest BCUT2D eigenvalue weighted by atomic mass is 32.2. The Morgan fingerprint density at radius 3 is 2.20 bits per heavy atom. The van der Waals surface area contributed by atoms with E-state index in [-0.39, 0.29) is 24.9 Å². The zero-order valence-electron chi connectivity index (χ0n) is 24.0. The topological polar surface area (TPSA) is 96.0 Å². The lowest BCUT2D eigenvalue weighted by Crippen LogP contribution is -2.54. The van der Waals surface area contributed by atoms with E-state index in [1.807, 2.05) is 76.2 Å². The lowest BCUT2D eigenvalue weighted by Gasteiger charge is -2.34. The Balaban J connectivity index is 2.10. The van der Waals surface area contributed by atoms with Crippen molar-refractivity contribution < 1.29 is 22.7 Å². The third-order valence-corrected chi connectivity index (χ3v) is 7.84. The zero-order chi connectivity index (χ0) is 29.4. The highest BCUT2D eigenvalue weighted by Gasteiger charge is 2.33. The molecular weight excluding hydrogens is 526 g/mol. The summed E-state index contributed by atoms with van der Waals surface area (Å²) >= 11 is 0. The first-order chi connectivity index (χ1) is 18.9. The summed E-state index contributed by atoms with van der Waals surface area (Å²) in [6.07, 6.45) is 1.35. The third kappa shape index (κ3) is 8.08. The minimum Gasteiger partial charge on any atom is -0.497 e. The minimum atomic E-state index is -3.83. The molecule has 1 atom stereocenters. The number of rotatable bonds is 12. The van der Waals surface area contributed by atoms with E-state index in [0.29, 0.717) is 11.4 Å². The number of hydrogen-bond donors (Lipinski definition) is 1. The summed E-state index contributed by atoms with van der Waals surface area (Å²) in [6.45, 7) is 7.07. The third-order valence-electron chi connectivity index (χ3n) is 6.71.